The lowest BCUT2D eigenvalue weighted by Crippen LogP contribution is -2.13. The van der Waals surface area contributed by atoms with Crippen molar-refractivity contribution in [1.82, 2.24) is 0 Å². The van der Waals surface area contributed by atoms with Gasteiger partial charge >= 0.3 is 0 Å². The van der Waals surface area contributed by atoms with Gasteiger partial charge in [0.2, 0.25) is 0 Å². The van der Waals surface area contributed by atoms with Crippen LogP contribution < -0.4 is 0 Å². The summed E-state index contributed by atoms with van der Waals surface area (Å²) >= 11 is 0. The van der Waals surface area contributed by atoms with Gasteiger partial charge in [0, 0.05) is 11.8 Å². The van der Waals surface area contributed by atoms with Gasteiger partial charge in [-0.3, -0.25) is 4.99 Å². The van der Waals surface area contributed by atoms with Crippen LogP contribution in [0.5, 0.6) is 0 Å². The summed E-state index contributed by atoms with van der Waals surface area (Å²) < 4.78 is 0. The number of unbranched alkanes of at least 4 members (excludes halogenated alkanes) is 8. The van der Waals surface area contributed by atoms with Crippen LogP contribution in [-0.2, 0) is 0 Å². The molecule has 1 aliphatic rings. The van der Waals surface area contributed by atoms with Crippen molar-refractivity contribution in [3.8, 4) is 0 Å². The van der Waals surface area contributed by atoms with Crippen LogP contribution in [-0.4, -0.2) is 11.8 Å². The normalized spacial score (nSPS) is 17.1. The number of rotatable bonds is 13. The second kappa shape index (κ2) is 14.3. The van der Waals surface area contributed by atoms with Gasteiger partial charge in [-0.1, -0.05) is 90.9 Å². The predicted octanol–water partition coefficient (Wildman–Crippen LogP) is 7.48. The summed E-state index contributed by atoms with van der Waals surface area (Å²) in [5.41, 5.74) is 1.54. The maximum Gasteiger partial charge on any atom is 0.0499 e. The molecule has 0 atom stereocenters. The van der Waals surface area contributed by atoms with Gasteiger partial charge in [0.25, 0.3) is 0 Å². The smallest absolute Gasteiger partial charge is 0.0499 e. The molecule has 1 rings (SSSR count). The molecule has 1 heteroatoms. The van der Waals surface area contributed by atoms with E-state index in [0.717, 1.165) is 0 Å². The lowest BCUT2D eigenvalue weighted by atomic mass is 9.95. The molecule has 1 aliphatic carbocycles. The Morgan fingerprint density at radius 1 is 0.682 bits per heavy atom. The lowest BCUT2D eigenvalue weighted by molar-refractivity contribution is 0.442. The van der Waals surface area contributed by atoms with Crippen molar-refractivity contribution in [2.75, 3.05) is 0 Å². The van der Waals surface area contributed by atoms with E-state index in [-0.39, 0.29) is 0 Å². The number of hydrogen-bond acceptors (Lipinski definition) is 1. The summed E-state index contributed by atoms with van der Waals surface area (Å²) in [6.45, 7) is 4.59. The second-order valence-electron chi connectivity index (χ2n) is 7.32. The Morgan fingerprint density at radius 3 is 1.86 bits per heavy atom. The Morgan fingerprint density at radius 2 is 1.27 bits per heavy atom. The molecular weight excluding hydrogens is 266 g/mol. The average molecular weight is 308 g/mol. The van der Waals surface area contributed by atoms with Crippen molar-refractivity contribution >= 4 is 5.71 Å². The van der Waals surface area contributed by atoms with E-state index in [1.165, 1.54) is 115 Å². The van der Waals surface area contributed by atoms with Crippen LogP contribution in [0.25, 0.3) is 0 Å². The summed E-state index contributed by atoms with van der Waals surface area (Å²) in [4.78, 5) is 5.11. The van der Waals surface area contributed by atoms with E-state index in [9.17, 15) is 0 Å². The average Bonchev–Trinajstić information content (AvgIpc) is 2.54. The van der Waals surface area contributed by atoms with Crippen molar-refractivity contribution in [3.63, 3.8) is 0 Å². The molecule has 0 aromatic carbocycles. The SMILES string of the molecule is CCCCCCCCCCCC(CCC)=NC1CCCCC1. The van der Waals surface area contributed by atoms with Crippen LogP contribution in [0.2, 0.25) is 0 Å². The molecule has 0 N–H and O–H groups in total. The topological polar surface area (TPSA) is 12.4 Å². The molecule has 0 radical (unpaired) electrons. The highest BCUT2D eigenvalue weighted by atomic mass is 14.8. The van der Waals surface area contributed by atoms with Gasteiger partial charge in [0.1, 0.15) is 0 Å². The zero-order valence-electron chi connectivity index (χ0n) is 15.5. The Bertz CT molecular complexity index is 263. The van der Waals surface area contributed by atoms with Gasteiger partial charge < -0.3 is 0 Å². The van der Waals surface area contributed by atoms with Crippen molar-refractivity contribution in [2.45, 2.75) is 129 Å². The summed E-state index contributed by atoms with van der Waals surface area (Å²) in [7, 11) is 0. The first kappa shape index (κ1) is 19.7. The molecule has 22 heavy (non-hydrogen) atoms. The summed E-state index contributed by atoms with van der Waals surface area (Å²) in [6.07, 6.45) is 23.6. The van der Waals surface area contributed by atoms with Crippen LogP contribution >= 0.6 is 0 Å². The van der Waals surface area contributed by atoms with Crippen molar-refractivity contribution in [2.24, 2.45) is 4.99 Å². The first-order valence-corrected chi connectivity index (χ1v) is 10.4. The van der Waals surface area contributed by atoms with E-state index < -0.39 is 0 Å². The van der Waals surface area contributed by atoms with Crippen LogP contribution in [0.15, 0.2) is 4.99 Å². The minimum Gasteiger partial charge on any atom is -0.291 e. The summed E-state index contributed by atoms with van der Waals surface area (Å²) in [5, 5.41) is 0. The van der Waals surface area contributed by atoms with Gasteiger partial charge in [-0.25, -0.2) is 0 Å². The molecule has 0 bridgehead atoms. The van der Waals surface area contributed by atoms with E-state index in [2.05, 4.69) is 13.8 Å². The molecule has 0 aromatic rings. The fourth-order valence-electron chi connectivity index (χ4n) is 3.65. The Kier molecular flexibility index (Phi) is 12.8. The van der Waals surface area contributed by atoms with Gasteiger partial charge in [-0.15, -0.1) is 0 Å². The minimum atomic E-state index is 0.675. The zero-order valence-corrected chi connectivity index (χ0v) is 15.5. The molecule has 130 valence electrons. The van der Waals surface area contributed by atoms with Crippen LogP contribution in [0.4, 0.5) is 0 Å². The Labute approximate surface area is 140 Å². The van der Waals surface area contributed by atoms with Crippen molar-refractivity contribution < 1.29 is 0 Å². The highest BCUT2D eigenvalue weighted by molar-refractivity contribution is 5.84. The highest BCUT2D eigenvalue weighted by Gasteiger charge is 2.12. The first-order chi connectivity index (χ1) is 10.9. The summed E-state index contributed by atoms with van der Waals surface area (Å²) in [5.74, 6) is 0. The van der Waals surface area contributed by atoms with Gasteiger partial charge in [0.15, 0.2) is 0 Å². The molecule has 1 fully saturated rings. The molecule has 0 spiro atoms. The minimum absolute atomic E-state index is 0.675. The summed E-state index contributed by atoms with van der Waals surface area (Å²) in [6, 6.07) is 0.675. The number of hydrogen-bond donors (Lipinski definition) is 0. The molecule has 0 amide bonds. The number of aliphatic imine (C=N–C) groups is 1. The fraction of sp³-hybridized carbons (Fsp3) is 0.952. The van der Waals surface area contributed by atoms with E-state index in [4.69, 9.17) is 4.99 Å². The third-order valence-corrected chi connectivity index (χ3v) is 5.05. The molecular formula is C21H41N. The van der Waals surface area contributed by atoms with Gasteiger partial charge in [-0.05, 0) is 32.1 Å². The monoisotopic (exact) mass is 307 g/mol. The first-order valence-electron chi connectivity index (χ1n) is 10.4. The van der Waals surface area contributed by atoms with E-state index in [1.54, 1.807) is 0 Å². The van der Waals surface area contributed by atoms with Crippen LogP contribution in [0.1, 0.15) is 123 Å². The lowest BCUT2D eigenvalue weighted by Gasteiger charge is -2.19. The van der Waals surface area contributed by atoms with E-state index in [0.29, 0.717) is 6.04 Å². The third kappa shape index (κ3) is 10.4. The highest BCUT2D eigenvalue weighted by Crippen LogP contribution is 2.21. The second-order valence-corrected chi connectivity index (χ2v) is 7.32. The molecule has 0 unspecified atom stereocenters. The molecule has 0 saturated heterocycles. The molecule has 1 saturated carbocycles. The molecule has 0 aromatic heterocycles. The molecule has 0 heterocycles. The van der Waals surface area contributed by atoms with E-state index in [1.807, 2.05) is 0 Å². The fourth-order valence-corrected chi connectivity index (χ4v) is 3.65. The molecule has 0 aliphatic heterocycles. The maximum absolute atomic E-state index is 5.11. The van der Waals surface area contributed by atoms with Crippen molar-refractivity contribution in [3.05, 3.63) is 0 Å². The largest absolute Gasteiger partial charge is 0.291 e. The maximum atomic E-state index is 5.11. The zero-order chi connectivity index (χ0) is 15.9. The van der Waals surface area contributed by atoms with E-state index >= 15 is 0 Å². The van der Waals surface area contributed by atoms with Crippen molar-refractivity contribution in [1.29, 1.82) is 0 Å². The standard InChI is InChI=1S/C21H41N/c1-3-5-6-7-8-9-10-11-13-17-20(16-4-2)22-21-18-14-12-15-19-21/h21H,3-19H2,1-2H3. The predicted molar refractivity (Wildman–Crippen MR) is 101 cm³/mol. The van der Waals surface area contributed by atoms with Crippen LogP contribution in [0.3, 0.4) is 0 Å². The quantitative estimate of drug-likeness (QED) is 0.247. The third-order valence-electron chi connectivity index (χ3n) is 5.05. The molecule has 1 nitrogen and oxygen atoms in total. The van der Waals surface area contributed by atoms with Gasteiger partial charge in [0.05, 0.1) is 0 Å². The van der Waals surface area contributed by atoms with Crippen LogP contribution in [0, 0.1) is 0 Å². The Hall–Kier alpha value is -0.330. The van der Waals surface area contributed by atoms with Gasteiger partial charge in [-0.2, -0.15) is 0 Å². The number of nitrogens with zero attached hydrogens (tertiary/aromatic N) is 1. The Balaban J connectivity index is 2.07.